The minimum absolute atomic E-state index is 0.107. The molecule has 1 aliphatic heterocycles. The Hall–Kier alpha value is -2.10. The molecule has 2 aliphatic rings. The summed E-state index contributed by atoms with van der Waals surface area (Å²) in [4.78, 5) is 23.7. The Morgan fingerprint density at radius 3 is 2.94 bits per heavy atom. The highest BCUT2D eigenvalue weighted by Crippen LogP contribution is 2.32. The summed E-state index contributed by atoms with van der Waals surface area (Å²) in [6.07, 6.45) is 8.48. The van der Waals surface area contributed by atoms with Crippen LogP contribution in [0.25, 0.3) is 0 Å². The summed E-state index contributed by atoms with van der Waals surface area (Å²) < 4.78 is 10.3. The first-order valence-electron chi connectivity index (χ1n) is 5.74. The Morgan fingerprint density at radius 2 is 2.28 bits per heavy atom. The van der Waals surface area contributed by atoms with Gasteiger partial charge in [0.15, 0.2) is 5.76 Å². The third-order valence-electron chi connectivity index (χ3n) is 3.13. The van der Waals surface area contributed by atoms with Crippen LogP contribution in [0.4, 0.5) is 0 Å². The van der Waals surface area contributed by atoms with Crippen molar-refractivity contribution in [3.05, 3.63) is 54.4 Å². The van der Waals surface area contributed by atoms with Crippen LogP contribution in [0.3, 0.4) is 0 Å². The molecule has 1 fully saturated rings. The van der Waals surface area contributed by atoms with Gasteiger partial charge in [-0.3, -0.25) is 9.59 Å². The fourth-order valence-corrected chi connectivity index (χ4v) is 2.27. The molecule has 0 bridgehead atoms. The van der Waals surface area contributed by atoms with Crippen molar-refractivity contribution in [2.45, 2.75) is 12.5 Å². The van der Waals surface area contributed by atoms with E-state index >= 15 is 0 Å². The number of hydrogen-bond donors (Lipinski definition) is 0. The minimum atomic E-state index is -0.495. The molecule has 0 unspecified atom stereocenters. The molecule has 1 aromatic rings. The fraction of sp³-hybridized carbons (Fsp3) is 0.214. The van der Waals surface area contributed by atoms with Gasteiger partial charge in [-0.25, -0.2) is 0 Å². The zero-order valence-electron chi connectivity index (χ0n) is 9.54. The predicted octanol–water partition coefficient (Wildman–Crippen LogP) is 2.09. The first-order valence-corrected chi connectivity index (χ1v) is 5.74. The van der Waals surface area contributed by atoms with Gasteiger partial charge in [-0.15, -0.1) is 0 Å². The molecule has 0 aromatic carbocycles. The quantitative estimate of drug-likeness (QED) is 0.602. The molecule has 1 aromatic heterocycles. The molecule has 0 amide bonds. The van der Waals surface area contributed by atoms with Gasteiger partial charge < -0.3 is 9.15 Å². The van der Waals surface area contributed by atoms with Crippen molar-refractivity contribution in [1.29, 1.82) is 0 Å². The van der Waals surface area contributed by atoms with Crippen molar-refractivity contribution in [2.24, 2.45) is 5.92 Å². The van der Waals surface area contributed by atoms with Gasteiger partial charge in [0, 0.05) is 6.42 Å². The molecular weight excluding hydrogens is 232 g/mol. The molecule has 0 saturated carbocycles. The van der Waals surface area contributed by atoms with E-state index in [0.717, 1.165) is 5.57 Å². The van der Waals surface area contributed by atoms with Crippen molar-refractivity contribution >= 4 is 11.8 Å². The van der Waals surface area contributed by atoms with Crippen molar-refractivity contribution in [3.8, 4) is 0 Å². The summed E-state index contributed by atoms with van der Waals surface area (Å²) in [6, 6.07) is 3.26. The SMILES string of the molecule is O=C1C[C@@H](C(=O)c2ccco2)[C@H](C2=C[CH]C=C2)O1. The average molecular weight is 243 g/mol. The van der Waals surface area contributed by atoms with Gasteiger partial charge in [0.1, 0.15) is 6.10 Å². The maximum atomic E-state index is 12.2. The van der Waals surface area contributed by atoms with Gasteiger partial charge >= 0.3 is 5.97 Å². The fourth-order valence-electron chi connectivity index (χ4n) is 2.27. The van der Waals surface area contributed by atoms with Gasteiger partial charge in [-0.2, -0.15) is 0 Å². The molecule has 4 nitrogen and oxygen atoms in total. The molecule has 1 aliphatic carbocycles. The van der Waals surface area contributed by atoms with Crippen LogP contribution in [0.5, 0.6) is 0 Å². The Kier molecular flexibility index (Phi) is 2.63. The first kappa shape index (κ1) is 11.0. The lowest BCUT2D eigenvalue weighted by Crippen LogP contribution is -2.25. The summed E-state index contributed by atoms with van der Waals surface area (Å²) in [5.74, 6) is -0.746. The third kappa shape index (κ3) is 1.79. The third-order valence-corrected chi connectivity index (χ3v) is 3.13. The van der Waals surface area contributed by atoms with Crippen molar-refractivity contribution in [2.75, 3.05) is 0 Å². The Balaban J connectivity index is 1.87. The van der Waals surface area contributed by atoms with Crippen LogP contribution in [0, 0.1) is 12.3 Å². The second kappa shape index (κ2) is 4.29. The molecule has 2 heterocycles. The molecule has 1 radical (unpaired) electrons. The van der Waals surface area contributed by atoms with Gasteiger partial charge in [0.05, 0.1) is 18.6 Å². The summed E-state index contributed by atoms with van der Waals surface area (Å²) in [5, 5.41) is 0. The molecule has 0 N–H and O–H groups in total. The van der Waals surface area contributed by atoms with Crippen LogP contribution in [0.15, 0.2) is 46.6 Å². The summed E-state index contributed by atoms with van der Waals surface area (Å²) in [7, 11) is 0. The lowest BCUT2D eigenvalue weighted by atomic mass is 9.90. The van der Waals surface area contributed by atoms with Gasteiger partial charge in [-0.05, 0) is 17.7 Å². The number of carbonyl (C=O) groups excluding carboxylic acids is 2. The molecular formula is C14H11O4. The van der Waals surface area contributed by atoms with E-state index < -0.39 is 12.0 Å². The normalized spacial score (nSPS) is 26.2. The number of cyclic esters (lactones) is 1. The van der Waals surface area contributed by atoms with E-state index in [4.69, 9.17) is 9.15 Å². The molecule has 4 heteroatoms. The number of hydrogen-bond acceptors (Lipinski definition) is 4. The number of Topliss-reactive ketones (excluding diaryl/α,β-unsaturated/α-hetero) is 1. The highest BCUT2D eigenvalue weighted by atomic mass is 16.6. The molecule has 2 atom stereocenters. The maximum absolute atomic E-state index is 12.2. The van der Waals surface area contributed by atoms with Gasteiger partial charge in [0.25, 0.3) is 0 Å². The van der Waals surface area contributed by atoms with E-state index in [9.17, 15) is 9.59 Å². The standard InChI is InChI=1S/C14H11O4/c15-12-8-10(13(16)11-6-3-7-17-11)14(18-12)9-4-1-2-5-9/h1-7,10,14H,8H2/t10-,14-/m0/s1. The van der Waals surface area contributed by atoms with E-state index in [-0.39, 0.29) is 23.9 Å². The highest BCUT2D eigenvalue weighted by Gasteiger charge is 2.42. The molecule has 91 valence electrons. The zero-order chi connectivity index (χ0) is 12.5. The van der Waals surface area contributed by atoms with Crippen molar-refractivity contribution in [1.82, 2.24) is 0 Å². The van der Waals surface area contributed by atoms with E-state index in [1.807, 2.05) is 24.6 Å². The molecule has 3 rings (SSSR count). The molecule has 18 heavy (non-hydrogen) atoms. The number of esters is 1. The van der Waals surface area contributed by atoms with Gasteiger partial charge in [-0.1, -0.05) is 18.2 Å². The second-order valence-electron chi connectivity index (χ2n) is 4.28. The smallest absolute Gasteiger partial charge is 0.307 e. The van der Waals surface area contributed by atoms with E-state index in [1.54, 1.807) is 12.1 Å². The van der Waals surface area contributed by atoms with E-state index in [0.29, 0.717) is 0 Å². The van der Waals surface area contributed by atoms with Crippen LogP contribution >= 0.6 is 0 Å². The lowest BCUT2D eigenvalue weighted by molar-refractivity contribution is -0.140. The molecule has 1 saturated heterocycles. The number of furan rings is 1. The summed E-state index contributed by atoms with van der Waals surface area (Å²) >= 11 is 0. The van der Waals surface area contributed by atoms with Crippen molar-refractivity contribution in [3.63, 3.8) is 0 Å². The molecule has 0 spiro atoms. The lowest BCUT2D eigenvalue weighted by Gasteiger charge is -2.15. The Labute approximate surface area is 104 Å². The first-order chi connectivity index (χ1) is 8.75. The van der Waals surface area contributed by atoms with Crippen molar-refractivity contribution < 1.29 is 18.7 Å². The van der Waals surface area contributed by atoms with Crippen LogP contribution in [0.1, 0.15) is 17.0 Å². The Bertz CT molecular complexity index is 536. The highest BCUT2D eigenvalue weighted by molar-refractivity contribution is 5.99. The van der Waals surface area contributed by atoms with Crippen LogP contribution < -0.4 is 0 Å². The largest absolute Gasteiger partial charge is 0.461 e. The average Bonchev–Trinajstić information content (AvgIpc) is 3.09. The van der Waals surface area contributed by atoms with Crippen LogP contribution in [-0.2, 0) is 9.53 Å². The monoisotopic (exact) mass is 243 g/mol. The topological polar surface area (TPSA) is 56.5 Å². The van der Waals surface area contributed by atoms with E-state index in [2.05, 4.69) is 0 Å². The number of carbonyl (C=O) groups is 2. The number of rotatable bonds is 3. The van der Waals surface area contributed by atoms with Crippen LogP contribution in [-0.4, -0.2) is 17.9 Å². The second-order valence-corrected chi connectivity index (χ2v) is 4.28. The van der Waals surface area contributed by atoms with Crippen LogP contribution in [0.2, 0.25) is 0 Å². The van der Waals surface area contributed by atoms with Gasteiger partial charge in [0.2, 0.25) is 5.78 Å². The number of allylic oxidation sites excluding steroid dienone is 2. The maximum Gasteiger partial charge on any atom is 0.307 e. The summed E-state index contributed by atoms with van der Waals surface area (Å²) in [5.41, 5.74) is 0.853. The predicted molar refractivity (Wildman–Crippen MR) is 62.5 cm³/mol. The Morgan fingerprint density at radius 1 is 1.39 bits per heavy atom. The number of ether oxygens (including phenoxy) is 1. The summed E-state index contributed by atoms with van der Waals surface area (Å²) in [6.45, 7) is 0. The zero-order valence-corrected chi connectivity index (χ0v) is 9.54. The minimum Gasteiger partial charge on any atom is -0.461 e. The van der Waals surface area contributed by atoms with E-state index in [1.165, 1.54) is 6.26 Å². The number of ketones is 1.